The molecule has 1 aromatic heterocycles. The van der Waals surface area contributed by atoms with Crippen LogP contribution < -0.4 is 4.74 Å². The average molecular weight is 415 g/mol. The molecule has 0 spiro atoms. The number of ketones is 1. The summed E-state index contributed by atoms with van der Waals surface area (Å²) in [5.41, 5.74) is 1.21. The minimum Gasteiger partial charge on any atom is -0.426 e. The first-order valence-corrected chi connectivity index (χ1v) is 9.45. The van der Waals surface area contributed by atoms with Crippen molar-refractivity contribution in [1.82, 2.24) is 10.1 Å². The van der Waals surface area contributed by atoms with Gasteiger partial charge >= 0.3 is 5.97 Å². The van der Waals surface area contributed by atoms with Gasteiger partial charge in [0.15, 0.2) is 5.78 Å². The van der Waals surface area contributed by atoms with Gasteiger partial charge in [0.1, 0.15) is 11.6 Å². The maximum Gasteiger partial charge on any atom is 0.311 e. The summed E-state index contributed by atoms with van der Waals surface area (Å²) in [7, 11) is 0. The van der Waals surface area contributed by atoms with Crippen molar-refractivity contribution in [1.29, 1.82) is 0 Å². The van der Waals surface area contributed by atoms with Crippen molar-refractivity contribution in [3.05, 3.63) is 64.3 Å². The molecular weight excluding hydrogens is 399 g/mol. The van der Waals surface area contributed by atoms with Crippen molar-refractivity contribution in [2.75, 3.05) is 0 Å². The van der Waals surface area contributed by atoms with Gasteiger partial charge in [0, 0.05) is 29.0 Å². The smallest absolute Gasteiger partial charge is 0.311 e. The number of benzene rings is 2. The molecule has 0 amide bonds. The highest BCUT2D eigenvalue weighted by Crippen LogP contribution is 2.39. The normalized spacial score (nSPS) is 15.4. The third-order valence-corrected chi connectivity index (χ3v) is 5.01. The quantitative estimate of drug-likeness (QED) is 0.442. The topological polar surface area (TPSA) is 82.3 Å². The third-order valence-electron chi connectivity index (χ3n) is 4.75. The number of esters is 1. The summed E-state index contributed by atoms with van der Waals surface area (Å²) in [6, 6.07) is 9.48. The van der Waals surface area contributed by atoms with Gasteiger partial charge < -0.3 is 9.26 Å². The highest BCUT2D eigenvalue weighted by atomic mass is 35.5. The lowest BCUT2D eigenvalue weighted by molar-refractivity contribution is -0.134. The molecule has 29 heavy (non-hydrogen) atoms. The summed E-state index contributed by atoms with van der Waals surface area (Å²) < 4.78 is 24.5. The number of fused-ring (bicyclic) bond motifs is 1. The van der Waals surface area contributed by atoms with Gasteiger partial charge in [-0.15, -0.1) is 0 Å². The van der Waals surface area contributed by atoms with Gasteiger partial charge in [0.25, 0.3) is 0 Å². The Hall–Kier alpha value is -3.06. The van der Waals surface area contributed by atoms with E-state index in [2.05, 4.69) is 10.1 Å². The molecule has 8 heteroatoms. The predicted molar refractivity (Wildman–Crippen MR) is 102 cm³/mol. The van der Waals surface area contributed by atoms with Gasteiger partial charge in [-0.2, -0.15) is 4.98 Å². The van der Waals surface area contributed by atoms with Crippen LogP contribution in [0.3, 0.4) is 0 Å². The molecule has 148 valence electrons. The van der Waals surface area contributed by atoms with Crippen LogP contribution in [0.25, 0.3) is 11.4 Å². The molecule has 0 aliphatic heterocycles. The van der Waals surface area contributed by atoms with Crippen LogP contribution >= 0.6 is 11.6 Å². The number of hydrogen-bond donors (Lipinski definition) is 0. The Bertz CT molecular complexity index is 1090. The lowest BCUT2D eigenvalue weighted by atomic mass is 10.0. The first kappa shape index (κ1) is 19.3. The van der Waals surface area contributed by atoms with E-state index in [-0.39, 0.29) is 48.2 Å². The molecule has 0 bridgehead atoms. The molecular formula is C21H16ClFN2O4. The minimum atomic E-state index is -0.572. The maximum atomic E-state index is 14.0. The average Bonchev–Trinajstić information content (AvgIpc) is 3.28. The SMILES string of the molecule is CC1CC(=O)c2c(OC(=O)CCc3nc(-c4ccc(Cl)cc4)no3)ccc(F)c21. The molecule has 0 fully saturated rings. The van der Waals surface area contributed by atoms with E-state index in [0.717, 1.165) is 5.56 Å². The fraction of sp³-hybridized carbons (Fsp3) is 0.238. The standard InChI is InChI=1S/C21H16ClFN2O4/c1-11-10-15(26)20-16(7-6-14(23)19(11)20)28-18(27)9-8-17-24-21(25-29-17)12-2-4-13(22)5-3-12/h2-7,11H,8-10H2,1H3. The lowest BCUT2D eigenvalue weighted by Gasteiger charge is -2.10. The number of aryl methyl sites for hydroxylation is 1. The van der Waals surface area contributed by atoms with Crippen molar-refractivity contribution in [3.63, 3.8) is 0 Å². The molecule has 0 N–H and O–H groups in total. The van der Waals surface area contributed by atoms with Crippen LogP contribution in [0.2, 0.25) is 5.02 Å². The summed E-state index contributed by atoms with van der Waals surface area (Å²) in [5, 5.41) is 4.48. The van der Waals surface area contributed by atoms with E-state index in [0.29, 0.717) is 16.4 Å². The Morgan fingerprint density at radius 1 is 1.28 bits per heavy atom. The molecule has 3 aromatic rings. The van der Waals surface area contributed by atoms with E-state index < -0.39 is 11.8 Å². The summed E-state index contributed by atoms with van der Waals surface area (Å²) >= 11 is 5.86. The van der Waals surface area contributed by atoms with E-state index in [9.17, 15) is 14.0 Å². The fourth-order valence-corrected chi connectivity index (χ4v) is 3.49. The fourth-order valence-electron chi connectivity index (χ4n) is 3.37. The van der Waals surface area contributed by atoms with Gasteiger partial charge in [-0.1, -0.05) is 23.7 Å². The molecule has 1 aliphatic rings. The monoisotopic (exact) mass is 414 g/mol. The van der Waals surface area contributed by atoms with Crippen molar-refractivity contribution in [2.45, 2.75) is 32.1 Å². The van der Waals surface area contributed by atoms with Crippen molar-refractivity contribution < 1.29 is 23.2 Å². The van der Waals surface area contributed by atoms with Gasteiger partial charge in [0.2, 0.25) is 11.7 Å². The summed E-state index contributed by atoms with van der Waals surface area (Å²) in [4.78, 5) is 28.7. The van der Waals surface area contributed by atoms with E-state index in [1.807, 2.05) is 0 Å². The number of nitrogens with zero attached hydrogens (tertiary/aromatic N) is 2. The van der Waals surface area contributed by atoms with Crippen molar-refractivity contribution in [2.24, 2.45) is 0 Å². The zero-order valence-corrected chi connectivity index (χ0v) is 16.2. The Balaban J connectivity index is 1.42. The number of ether oxygens (including phenoxy) is 1. The predicted octanol–water partition coefficient (Wildman–Crippen LogP) is 4.76. The zero-order valence-electron chi connectivity index (χ0n) is 15.4. The summed E-state index contributed by atoms with van der Waals surface area (Å²) in [5.74, 6) is -0.730. The summed E-state index contributed by atoms with van der Waals surface area (Å²) in [6.07, 6.45) is 0.349. The molecule has 1 atom stereocenters. The molecule has 4 rings (SSSR count). The number of Topliss-reactive ketones (excluding diaryl/α,β-unsaturated/α-hetero) is 1. The molecule has 0 saturated carbocycles. The first-order chi connectivity index (χ1) is 13.9. The molecule has 1 aliphatic carbocycles. The first-order valence-electron chi connectivity index (χ1n) is 9.07. The van der Waals surface area contributed by atoms with Crippen LogP contribution in [-0.2, 0) is 11.2 Å². The molecule has 2 aromatic carbocycles. The largest absolute Gasteiger partial charge is 0.426 e. The lowest BCUT2D eigenvalue weighted by Crippen LogP contribution is -2.12. The second-order valence-corrected chi connectivity index (χ2v) is 7.29. The molecule has 1 heterocycles. The van der Waals surface area contributed by atoms with Crippen LogP contribution in [0.1, 0.15) is 47.5 Å². The molecule has 1 unspecified atom stereocenters. The number of aromatic nitrogens is 2. The van der Waals surface area contributed by atoms with Crippen LogP contribution in [0.5, 0.6) is 5.75 Å². The molecule has 0 saturated heterocycles. The van der Waals surface area contributed by atoms with Crippen LogP contribution in [0.4, 0.5) is 4.39 Å². The summed E-state index contributed by atoms with van der Waals surface area (Å²) in [6.45, 7) is 1.77. The number of halogens is 2. The Kier molecular flexibility index (Phi) is 5.15. The van der Waals surface area contributed by atoms with E-state index >= 15 is 0 Å². The number of hydrogen-bond acceptors (Lipinski definition) is 6. The van der Waals surface area contributed by atoms with Crippen LogP contribution in [-0.4, -0.2) is 21.9 Å². The molecule has 6 nitrogen and oxygen atoms in total. The van der Waals surface area contributed by atoms with E-state index in [4.69, 9.17) is 20.9 Å². The van der Waals surface area contributed by atoms with Crippen LogP contribution in [0, 0.1) is 5.82 Å². The van der Waals surface area contributed by atoms with E-state index in [1.165, 1.54) is 12.1 Å². The third kappa shape index (κ3) is 3.91. The zero-order chi connectivity index (χ0) is 20.5. The van der Waals surface area contributed by atoms with Crippen molar-refractivity contribution in [3.8, 4) is 17.1 Å². The second kappa shape index (κ2) is 7.75. The number of carbonyl (C=O) groups excluding carboxylic acids is 2. The number of rotatable bonds is 5. The van der Waals surface area contributed by atoms with Gasteiger partial charge in [0.05, 0.1) is 12.0 Å². The van der Waals surface area contributed by atoms with Crippen molar-refractivity contribution >= 4 is 23.4 Å². The van der Waals surface area contributed by atoms with E-state index in [1.54, 1.807) is 31.2 Å². The van der Waals surface area contributed by atoms with Gasteiger partial charge in [-0.05, 0) is 42.3 Å². The Morgan fingerprint density at radius 3 is 2.79 bits per heavy atom. The minimum absolute atomic E-state index is 0.0296. The highest BCUT2D eigenvalue weighted by molar-refractivity contribution is 6.30. The maximum absolute atomic E-state index is 14.0. The van der Waals surface area contributed by atoms with Crippen LogP contribution in [0.15, 0.2) is 40.9 Å². The number of carbonyl (C=O) groups is 2. The highest BCUT2D eigenvalue weighted by Gasteiger charge is 2.33. The molecule has 0 radical (unpaired) electrons. The van der Waals surface area contributed by atoms with Gasteiger partial charge in [-0.3, -0.25) is 9.59 Å². The Morgan fingerprint density at radius 2 is 2.03 bits per heavy atom. The van der Waals surface area contributed by atoms with Gasteiger partial charge in [-0.25, -0.2) is 4.39 Å². The second-order valence-electron chi connectivity index (χ2n) is 6.86. The Labute approximate surface area is 170 Å².